The van der Waals surface area contributed by atoms with Crippen LogP contribution < -0.4 is 0 Å². The first-order valence-electron chi connectivity index (χ1n) is 5.47. The topological polar surface area (TPSA) is 0 Å². The van der Waals surface area contributed by atoms with Crippen molar-refractivity contribution >= 4 is 12.6 Å². The van der Waals surface area contributed by atoms with Gasteiger partial charge in [-0.25, -0.2) is 0 Å². The first-order valence-corrected chi connectivity index (χ1v) is 5.92. The lowest BCUT2D eigenvalue weighted by Crippen LogP contribution is -2.51. The third-order valence-corrected chi connectivity index (χ3v) is 5.53. The van der Waals surface area contributed by atoms with Crippen molar-refractivity contribution in [3.63, 3.8) is 0 Å². The molecule has 0 saturated carbocycles. The maximum atomic E-state index is 4.76. The van der Waals surface area contributed by atoms with Crippen LogP contribution in [-0.2, 0) is 0 Å². The maximum Gasteiger partial charge on any atom is 0.0129 e. The van der Waals surface area contributed by atoms with Gasteiger partial charge in [0.15, 0.2) is 0 Å². The lowest BCUT2D eigenvalue weighted by molar-refractivity contribution is -0.0267. The summed E-state index contributed by atoms with van der Waals surface area (Å²) in [5, 5.41) is 0. The monoisotopic (exact) mass is 216 g/mol. The van der Waals surface area contributed by atoms with Gasteiger partial charge in [-0.15, -0.1) is 0 Å². The Balaban J connectivity index is 5.30. The van der Waals surface area contributed by atoms with E-state index in [4.69, 9.17) is 12.6 Å². The van der Waals surface area contributed by atoms with Crippen LogP contribution in [0.25, 0.3) is 0 Å². The van der Waals surface area contributed by atoms with Crippen molar-refractivity contribution in [1.29, 1.82) is 0 Å². The number of hydrogen-bond donors (Lipinski definition) is 1. The van der Waals surface area contributed by atoms with Crippen molar-refractivity contribution in [3.8, 4) is 0 Å². The Morgan fingerprint density at radius 3 is 0.929 bits per heavy atom. The molecule has 0 fully saturated rings. The summed E-state index contributed by atoms with van der Waals surface area (Å²) < 4.78 is 0.0315. The quantitative estimate of drug-likeness (QED) is 0.630. The third-order valence-electron chi connectivity index (χ3n) is 4.97. The predicted octanol–water partition coefficient (Wildman–Crippen LogP) is 4.79. The summed E-state index contributed by atoms with van der Waals surface area (Å²) in [5.41, 5.74) is 0.711. The molecule has 0 N–H and O–H groups in total. The molecule has 1 heteroatoms. The molecule has 0 aliphatic carbocycles. The fraction of sp³-hybridized carbons (Fsp3) is 1.00. The van der Waals surface area contributed by atoms with E-state index in [-0.39, 0.29) is 21.0 Å². The Labute approximate surface area is 96.3 Å². The van der Waals surface area contributed by atoms with Gasteiger partial charge in [-0.2, -0.15) is 12.6 Å². The highest BCUT2D eigenvalue weighted by atomic mass is 32.1. The average Bonchev–Trinajstić information content (AvgIpc) is 1.81. The van der Waals surface area contributed by atoms with Crippen LogP contribution in [0.3, 0.4) is 0 Å². The number of thiol groups is 1. The highest BCUT2D eigenvalue weighted by Crippen LogP contribution is 2.57. The molecule has 0 bridgehead atoms. The zero-order valence-corrected chi connectivity index (χ0v) is 12.3. The molecular weight excluding hydrogens is 188 g/mol. The van der Waals surface area contributed by atoms with Crippen molar-refractivity contribution in [2.24, 2.45) is 16.2 Å². The molecule has 0 heterocycles. The van der Waals surface area contributed by atoms with Gasteiger partial charge in [0.25, 0.3) is 0 Å². The molecule has 0 amide bonds. The highest BCUT2D eigenvalue weighted by molar-refractivity contribution is 7.81. The van der Waals surface area contributed by atoms with Crippen molar-refractivity contribution in [1.82, 2.24) is 0 Å². The van der Waals surface area contributed by atoms with Gasteiger partial charge in [0, 0.05) is 4.75 Å². The van der Waals surface area contributed by atoms with Crippen LogP contribution in [-0.4, -0.2) is 4.75 Å². The SMILES string of the molecule is CC(C)(C)C(C)(C)C(C)(C)C(C)(C)S. The third kappa shape index (κ3) is 2.13. The van der Waals surface area contributed by atoms with E-state index >= 15 is 0 Å². The molecule has 0 radical (unpaired) electrons. The van der Waals surface area contributed by atoms with Gasteiger partial charge in [-0.05, 0) is 16.2 Å². The number of rotatable bonds is 2. The lowest BCUT2D eigenvalue weighted by Gasteiger charge is -2.56. The predicted molar refractivity (Wildman–Crippen MR) is 70.1 cm³/mol. The minimum Gasteiger partial charge on any atom is -0.172 e. The maximum absolute atomic E-state index is 4.76. The van der Waals surface area contributed by atoms with Gasteiger partial charge in [-0.1, -0.05) is 62.3 Å². The first-order chi connectivity index (χ1) is 5.75. The summed E-state index contributed by atoms with van der Waals surface area (Å²) in [6.07, 6.45) is 0. The molecule has 0 atom stereocenters. The largest absolute Gasteiger partial charge is 0.172 e. The van der Waals surface area contributed by atoms with Crippen LogP contribution in [0.4, 0.5) is 0 Å². The van der Waals surface area contributed by atoms with E-state index in [2.05, 4.69) is 62.3 Å². The van der Waals surface area contributed by atoms with Crippen molar-refractivity contribution in [2.75, 3.05) is 0 Å². The normalized spacial score (nSPS) is 15.9. The van der Waals surface area contributed by atoms with E-state index < -0.39 is 0 Å². The molecule has 0 aliphatic heterocycles. The Morgan fingerprint density at radius 1 is 0.571 bits per heavy atom. The second kappa shape index (κ2) is 3.43. The van der Waals surface area contributed by atoms with Crippen LogP contribution >= 0.6 is 12.6 Å². The Kier molecular flexibility index (Phi) is 3.52. The van der Waals surface area contributed by atoms with Crippen LogP contribution in [0.5, 0.6) is 0 Å². The van der Waals surface area contributed by atoms with Crippen molar-refractivity contribution < 1.29 is 0 Å². The van der Waals surface area contributed by atoms with Crippen LogP contribution in [0, 0.1) is 16.2 Å². The molecule has 0 aromatic carbocycles. The molecule has 0 aromatic heterocycles. The summed E-state index contributed by atoms with van der Waals surface area (Å²) >= 11 is 4.76. The molecule has 86 valence electrons. The minimum atomic E-state index is 0.0315. The summed E-state index contributed by atoms with van der Waals surface area (Å²) in [4.78, 5) is 0. The van der Waals surface area contributed by atoms with Gasteiger partial charge in [-0.3, -0.25) is 0 Å². The van der Waals surface area contributed by atoms with E-state index in [1.807, 2.05) is 0 Å². The molecular formula is C13H28S. The Morgan fingerprint density at radius 2 is 0.857 bits per heavy atom. The van der Waals surface area contributed by atoms with Crippen LogP contribution in [0.15, 0.2) is 0 Å². The molecule has 0 saturated heterocycles. The molecule has 0 rings (SSSR count). The van der Waals surface area contributed by atoms with Gasteiger partial charge >= 0.3 is 0 Å². The van der Waals surface area contributed by atoms with E-state index in [1.54, 1.807) is 0 Å². The van der Waals surface area contributed by atoms with Gasteiger partial charge < -0.3 is 0 Å². The zero-order valence-electron chi connectivity index (χ0n) is 11.4. The molecule has 0 aliphatic rings. The second-order valence-electron chi connectivity index (χ2n) is 7.06. The summed E-state index contributed by atoms with van der Waals surface area (Å²) in [6, 6.07) is 0. The molecule has 0 unspecified atom stereocenters. The molecule has 0 spiro atoms. The highest BCUT2D eigenvalue weighted by Gasteiger charge is 2.51. The van der Waals surface area contributed by atoms with Gasteiger partial charge in [0.2, 0.25) is 0 Å². The smallest absolute Gasteiger partial charge is 0.0129 e. The fourth-order valence-corrected chi connectivity index (χ4v) is 1.98. The van der Waals surface area contributed by atoms with E-state index in [9.17, 15) is 0 Å². The fourth-order valence-electron chi connectivity index (χ4n) is 1.70. The van der Waals surface area contributed by atoms with Crippen LogP contribution in [0.2, 0.25) is 0 Å². The van der Waals surface area contributed by atoms with Gasteiger partial charge in [0.1, 0.15) is 0 Å². The van der Waals surface area contributed by atoms with Crippen molar-refractivity contribution in [3.05, 3.63) is 0 Å². The summed E-state index contributed by atoms with van der Waals surface area (Å²) in [5.74, 6) is 0. The Hall–Kier alpha value is 0.350. The minimum absolute atomic E-state index is 0.0315. The van der Waals surface area contributed by atoms with Gasteiger partial charge in [0.05, 0.1) is 0 Å². The average molecular weight is 216 g/mol. The molecule has 0 nitrogen and oxygen atoms in total. The lowest BCUT2D eigenvalue weighted by atomic mass is 9.52. The molecule has 14 heavy (non-hydrogen) atoms. The first kappa shape index (κ1) is 14.3. The standard InChI is InChI=1S/C13H28S/c1-10(2,3)11(4,5)12(6,7)13(8,9)14/h14H,1-9H3. The number of hydrogen-bond acceptors (Lipinski definition) is 1. The summed E-state index contributed by atoms with van der Waals surface area (Å²) in [7, 11) is 0. The summed E-state index contributed by atoms with van der Waals surface area (Å²) in [6.45, 7) is 20.7. The molecule has 0 aromatic rings. The van der Waals surface area contributed by atoms with E-state index in [0.717, 1.165) is 0 Å². The second-order valence-corrected chi connectivity index (χ2v) is 8.18. The Bertz CT molecular complexity index is 174. The zero-order chi connectivity index (χ0) is 12.0. The van der Waals surface area contributed by atoms with E-state index in [1.165, 1.54) is 0 Å². The van der Waals surface area contributed by atoms with E-state index in [0.29, 0.717) is 0 Å². The van der Waals surface area contributed by atoms with Crippen molar-refractivity contribution in [2.45, 2.75) is 67.1 Å². The van der Waals surface area contributed by atoms with Crippen LogP contribution in [0.1, 0.15) is 62.3 Å².